The Labute approximate surface area is 133 Å². The van der Waals surface area contributed by atoms with Crippen LogP contribution in [0, 0.1) is 0 Å². The molecule has 0 atom stereocenters. The van der Waals surface area contributed by atoms with Gasteiger partial charge in [0, 0.05) is 38.6 Å². The third kappa shape index (κ3) is 2.87. The second-order valence-electron chi connectivity index (χ2n) is 6.14. The van der Waals surface area contributed by atoms with E-state index in [0.717, 1.165) is 4.90 Å². The monoisotopic (exact) mass is 326 g/mol. The summed E-state index contributed by atoms with van der Waals surface area (Å²) in [5, 5.41) is 9.91. The molecule has 1 saturated heterocycles. The van der Waals surface area contributed by atoms with E-state index in [-0.39, 0.29) is 25.9 Å². The SMILES string of the molecule is O=C(N1CCCN(c2ncccn2)CC1)C(F)(F)C1(O)CCC1. The van der Waals surface area contributed by atoms with Crippen LogP contribution in [0.25, 0.3) is 0 Å². The summed E-state index contributed by atoms with van der Waals surface area (Å²) in [6, 6.07) is 1.71. The minimum absolute atomic E-state index is 0.0242. The Balaban J connectivity index is 1.67. The molecule has 1 amide bonds. The van der Waals surface area contributed by atoms with Crippen molar-refractivity contribution in [1.82, 2.24) is 14.9 Å². The molecule has 0 aromatic carbocycles. The lowest BCUT2D eigenvalue weighted by atomic mass is 9.75. The van der Waals surface area contributed by atoms with Gasteiger partial charge in [0.25, 0.3) is 5.91 Å². The van der Waals surface area contributed by atoms with Gasteiger partial charge in [0.1, 0.15) is 5.60 Å². The van der Waals surface area contributed by atoms with Crippen LogP contribution in [0.2, 0.25) is 0 Å². The van der Waals surface area contributed by atoms with Crippen molar-refractivity contribution in [3.63, 3.8) is 0 Å². The Morgan fingerprint density at radius 1 is 1.13 bits per heavy atom. The highest BCUT2D eigenvalue weighted by atomic mass is 19.3. The zero-order valence-corrected chi connectivity index (χ0v) is 12.8. The number of carbonyl (C=O) groups excluding carboxylic acids is 1. The normalized spacial score (nSPS) is 21.5. The van der Waals surface area contributed by atoms with Gasteiger partial charge in [-0.25, -0.2) is 9.97 Å². The maximum absolute atomic E-state index is 14.3. The number of rotatable bonds is 3. The van der Waals surface area contributed by atoms with Crippen molar-refractivity contribution < 1.29 is 18.7 Å². The molecule has 2 fully saturated rings. The molecule has 0 unspecified atom stereocenters. The Hall–Kier alpha value is -1.83. The molecular formula is C15H20F2N4O2. The van der Waals surface area contributed by atoms with Gasteiger partial charge in [-0.15, -0.1) is 0 Å². The zero-order valence-electron chi connectivity index (χ0n) is 12.8. The van der Waals surface area contributed by atoms with E-state index in [0.29, 0.717) is 31.9 Å². The first-order valence-electron chi connectivity index (χ1n) is 7.86. The summed E-state index contributed by atoms with van der Waals surface area (Å²) < 4.78 is 28.6. The third-order valence-corrected chi connectivity index (χ3v) is 4.65. The molecule has 23 heavy (non-hydrogen) atoms. The first-order chi connectivity index (χ1) is 10.9. The molecule has 1 saturated carbocycles. The van der Waals surface area contributed by atoms with Crippen LogP contribution < -0.4 is 4.90 Å². The predicted molar refractivity (Wildman–Crippen MR) is 79.2 cm³/mol. The largest absolute Gasteiger partial charge is 0.383 e. The number of amides is 1. The number of alkyl halides is 2. The van der Waals surface area contributed by atoms with E-state index in [1.807, 2.05) is 4.90 Å². The molecule has 1 N–H and O–H groups in total. The van der Waals surface area contributed by atoms with Crippen LogP contribution in [-0.4, -0.2) is 63.6 Å². The van der Waals surface area contributed by atoms with Crippen LogP contribution in [0.5, 0.6) is 0 Å². The third-order valence-electron chi connectivity index (χ3n) is 4.65. The number of carbonyl (C=O) groups is 1. The van der Waals surface area contributed by atoms with Gasteiger partial charge in [0.15, 0.2) is 0 Å². The van der Waals surface area contributed by atoms with Crippen molar-refractivity contribution in [2.45, 2.75) is 37.2 Å². The fraction of sp³-hybridized carbons (Fsp3) is 0.667. The Morgan fingerprint density at radius 2 is 1.83 bits per heavy atom. The van der Waals surface area contributed by atoms with Crippen LogP contribution in [0.3, 0.4) is 0 Å². The highest BCUT2D eigenvalue weighted by molar-refractivity contribution is 5.85. The van der Waals surface area contributed by atoms with Gasteiger partial charge in [-0.3, -0.25) is 4.79 Å². The lowest BCUT2D eigenvalue weighted by molar-refractivity contribution is -0.223. The topological polar surface area (TPSA) is 69.6 Å². The quantitative estimate of drug-likeness (QED) is 0.900. The van der Waals surface area contributed by atoms with Crippen LogP contribution in [0.1, 0.15) is 25.7 Å². The summed E-state index contributed by atoms with van der Waals surface area (Å²) in [4.78, 5) is 23.5. The number of halogens is 2. The van der Waals surface area contributed by atoms with Gasteiger partial charge in [-0.1, -0.05) is 0 Å². The van der Waals surface area contributed by atoms with Gasteiger partial charge in [-0.2, -0.15) is 8.78 Å². The van der Waals surface area contributed by atoms with Crippen molar-refractivity contribution in [1.29, 1.82) is 0 Å². The second-order valence-corrected chi connectivity index (χ2v) is 6.14. The number of aliphatic hydroxyl groups is 1. The summed E-state index contributed by atoms with van der Waals surface area (Å²) >= 11 is 0. The number of hydrogen-bond acceptors (Lipinski definition) is 5. The summed E-state index contributed by atoms with van der Waals surface area (Å²) in [6.07, 6.45) is 4.27. The van der Waals surface area contributed by atoms with Crippen LogP contribution in [0.15, 0.2) is 18.5 Å². The predicted octanol–water partition coefficient (Wildman–Crippen LogP) is 1.07. The first-order valence-corrected chi connectivity index (χ1v) is 7.86. The summed E-state index contributed by atoms with van der Waals surface area (Å²) in [7, 11) is 0. The van der Waals surface area contributed by atoms with Gasteiger partial charge >= 0.3 is 5.92 Å². The first kappa shape index (κ1) is 16.0. The fourth-order valence-electron chi connectivity index (χ4n) is 3.00. The van der Waals surface area contributed by atoms with Crippen LogP contribution in [0.4, 0.5) is 14.7 Å². The Bertz CT molecular complexity index is 566. The van der Waals surface area contributed by atoms with Crippen molar-refractivity contribution >= 4 is 11.9 Å². The maximum atomic E-state index is 14.3. The zero-order chi connectivity index (χ0) is 16.5. The minimum atomic E-state index is -3.72. The number of nitrogens with zero attached hydrogens (tertiary/aromatic N) is 4. The molecule has 0 spiro atoms. The standard InChI is InChI=1S/C15H20F2N4O2/c16-15(17,14(23)4-1-5-14)12(22)20-8-3-9-21(11-10-20)13-18-6-2-7-19-13/h2,6-7,23H,1,3-5,8-11H2. The molecule has 8 heteroatoms. The second kappa shape index (κ2) is 5.99. The lowest BCUT2D eigenvalue weighted by Gasteiger charge is -2.43. The van der Waals surface area contributed by atoms with Crippen molar-refractivity contribution in [2.24, 2.45) is 0 Å². The summed E-state index contributed by atoms with van der Waals surface area (Å²) in [5.41, 5.74) is -2.17. The molecule has 0 radical (unpaired) electrons. The molecule has 1 aromatic heterocycles. The summed E-state index contributed by atoms with van der Waals surface area (Å²) in [5.74, 6) is -4.45. The highest BCUT2D eigenvalue weighted by Gasteiger charge is 2.62. The van der Waals surface area contributed by atoms with E-state index >= 15 is 0 Å². The number of aromatic nitrogens is 2. The molecule has 3 rings (SSSR count). The summed E-state index contributed by atoms with van der Waals surface area (Å²) in [6.45, 7) is 1.41. The smallest absolute Gasteiger partial charge is 0.352 e. The molecule has 2 heterocycles. The van der Waals surface area contributed by atoms with Crippen molar-refractivity contribution in [2.75, 3.05) is 31.1 Å². The van der Waals surface area contributed by atoms with Gasteiger partial charge < -0.3 is 14.9 Å². The molecule has 2 aliphatic rings. The highest BCUT2D eigenvalue weighted by Crippen LogP contribution is 2.45. The molecule has 1 aliphatic carbocycles. The van der Waals surface area contributed by atoms with E-state index in [9.17, 15) is 18.7 Å². The Kier molecular flexibility index (Phi) is 4.18. The van der Waals surface area contributed by atoms with E-state index in [1.54, 1.807) is 18.5 Å². The average molecular weight is 326 g/mol. The molecule has 1 aromatic rings. The minimum Gasteiger partial charge on any atom is -0.383 e. The van der Waals surface area contributed by atoms with Gasteiger partial charge in [0.2, 0.25) is 5.95 Å². The van der Waals surface area contributed by atoms with E-state index in [1.165, 1.54) is 0 Å². The Morgan fingerprint density at radius 3 is 2.43 bits per heavy atom. The van der Waals surface area contributed by atoms with Crippen molar-refractivity contribution in [3.05, 3.63) is 18.5 Å². The molecule has 126 valence electrons. The lowest BCUT2D eigenvalue weighted by Crippen LogP contribution is -2.61. The fourth-order valence-corrected chi connectivity index (χ4v) is 3.00. The number of anilines is 1. The molecular weight excluding hydrogens is 306 g/mol. The van der Waals surface area contributed by atoms with Crippen LogP contribution >= 0.6 is 0 Å². The molecule has 0 bridgehead atoms. The average Bonchev–Trinajstić information content (AvgIpc) is 2.78. The van der Waals surface area contributed by atoms with Crippen molar-refractivity contribution in [3.8, 4) is 0 Å². The van der Waals surface area contributed by atoms with Crippen LogP contribution in [-0.2, 0) is 4.79 Å². The molecule has 1 aliphatic heterocycles. The number of hydrogen-bond donors (Lipinski definition) is 1. The maximum Gasteiger partial charge on any atom is 0.352 e. The van der Waals surface area contributed by atoms with E-state index < -0.39 is 17.4 Å². The van der Waals surface area contributed by atoms with E-state index in [2.05, 4.69) is 9.97 Å². The van der Waals surface area contributed by atoms with E-state index in [4.69, 9.17) is 0 Å². The molecule has 6 nitrogen and oxygen atoms in total. The van der Waals surface area contributed by atoms with Gasteiger partial charge in [0.05, 0.1) is 0 Å². The van der Waals surface area contributed by atoms with Gasteiger partial charge in [-0.05, 0) is 31.7 Å².